The molecule has 1 unspecified atom stereocenters. The van der Waals surface area contributed by atoms with Crippen molar-refractivity contribution in [2.75, 3.05) is 6.61 Å². The molecule has 2 aromatic carbocycles. The summed E-state index contributed by atoms with van der Waals surface area (Å²) >= 11 is 6.11. The van der Waals surface area contributed by atoms with E-state index in [0.29, 0.717) is 40.1 Å². The van der Waals surface area contributed by atoms with Gasteiger partial charge in [-0.15, -0.1) is 0 Å². The highest BCUT2D eigenvalue weighted by molar-refractivity contribution is 6.46. The van der Waals surface area contributed by atoms with E-state index in [0.717, 1.165) is 0 Å². The Morgan fingerprint density at radius 2 is 1.88 bits per heavy atom. The summed E-state index contributed by atoms with van der Waals surface area (Å²) in [6, 6.07) is 18.4. The van der Waals surface area contributed by atoms with Crippen LogP contribution in [0.25, 0.3) is 5.76 Å². The van der Waals surface area contributed by atoms with Crippen LogP contribution in [0.3, 0.4) is 0 Å². The molecule has 0 saturated carbocycles. The summed E-state index contributed by atoms with van der Waals surface area (Å²) in [6.07, 6.45) is 1.63. The number of likely N-dealkylation sites (tertiary alicyclic amines) is 1. The molecule has 6 nitrogen and oxygen atoms in total. The fourth-order valence-electron chi connectivity index (χ4n) is 3.88. The zero-order valence-electron chi connectivity index (χ0n) is 18.9. The first-order chi connectivity index (χ1) is 16.3. The third-order valence-electron chi connectivity index (χ3n) is 5.45. The second kappa shape index (κ2) is 10.1. The molecule has 1 atom stereocenters. The number of Topliss-reactive ketones (excluding diaryl/α,β-unsaturated/α-hetero) is 1. The van der Waals surface area contributed by atoms with Gasteiger partial charge in [0, 0.05) is 16.8 Å². The lowest BCUT2D eigenvalue weighted by atomic mass is 9.95. The van der Waals surface area contributed by atoms with Crippen LogP contribution in [-0.2, 0) is 16.1 Å². The first-order valence-electron chi connectivity index (χ1n) is 11.0. The average molecular weight is 477 g/mol. The Kier molecular flexibility index (Phi) is 6.98. The van der Waals surface area contributed by atoms with Crippen LogP contribution >= 0.6 is 11.6 Å². The lowest BCUT2D eigenvalue weighted by molar-refractivity contribution is -0.140. The molecule has 1 aliphatic rings. The second-order valence-corrected chi connectivity index (χ2v) is 8.97. The zero-order chi connectivity index (χ0) is 24.2. The van der Waals surface area contributed by atoms with Crippen LogP contribution in [0.4, 0.5) is 0 Å². The highest BCUT2D eigenvalue weighted by Crippen LogP contribution is 2.41. The van der Waals surface area contributed by atoms with E-state index in [-0.39, 0.29) is 17.9 Å². The molecule has 0 radical (unpaired) electrons. The van der Waals surface area contributed by atoms with Crippen molar-refractivity contribution in [3.05, 3.63) is 100 Å². The Hall–Kier alpha value is -3.64. The van der Waals surface area contributed by atoms with Crippen LogP contribution < -0.4 is 4.74 Å². The van der Waals surface area contributed by atoms with Crippen molar-refractivity contribution >= 4 is 29.1 Å². The van der Waals surface area contributed by atoms with E-state index < -0.39 is 17.7 Å². The molecule has 1 fully saturated rings. The molecule has 3 aromatic rings. The van der Waals surface area contributed by atoms with Crippen molar-refractivity contribution in [3.8, 4) is 5.75 Å². The highest BCUT2D eigenvalue weighted by Gasteiger charge is 2.46. The van der Waals surface area contributed by atoms with E-state index >= 15 is 0 Å². The first kappa shape index (κ1) is 23.5. The summed E-state index contributed by atoms with van der Waals surface area (Å²) in [7, 11) is 0. The second-order valence-electron chi connectivity index (χ2n) is 8.54. The number of amides is 1. The number of hydrogen-bond acceptors (Lipinski definition) is 5. The molecule has 34 heavy (non-hydrogen) atoms. The highest BCUT2D eigenvalue weighted by atomic mass is 35.5. The van der Waals surface area contributed by atoms with Crippen LogP contribution in [0.1, 0.15) is 36.7 Å². The Bertz CT molecular complexity index is 1240. The molecule has 1 aromatic heterocycles. The van der Waals surface area contributed by atoms with E-state index in [1.165, 1.54) is 4.90 Å². The molecular formula is C27H25ClN2O4. The number of pyridine rings is 1. The lowest BCUT2D eigenvalue weighted by Gasteiger charge is -2.25. The summed E-state index contributed by atoms with van der Waals surface area (Å²) < 4.78 is 5.87. The van der Waals surface area contributed by atoms with Crippen molar-refractivity contribution in [1.29, 1.82) is 0 Å². The Morgan fingerprint density at radius 1 is 1.09 bits per heavy atom. The first-order valence-corrected chi connectivity index (χ1v) is 11.4. The summed E-state index contributed by atoms with van der Waals surface area (Å²) in [5.74, 6) is -0.777. The Balaban J connectivity index is 1.83. The van der Waals surface area contributed by atoms with Gasteiger partial charge in [-0.2, -0.15) is 0 Å². The number of ether oxygens (including phenoxy) is 1. The van der Waals surface area contributed by atoms with Gasteiger partial charge in [-0.3, -0.25) is 14.6 Å². The largest absolute Gasteiger partial charge is 0.507 e. The number of nitrogens with zero attached hydrogens (tertiary/aromatic N) is 2. The number of ketones is 1. The molecule has 1 aliphatic heterocycles. The quantitative estimate of drug-likeness (QED) is 0.281. The number of benzene rings is 2. The van der Waals surface area contributed by atoms with Gasteiger partial charge in [0.05, 0.1) is 30.5 Å². The van der Waals surface area contributed by atoms with Crippen LogP contribution in [-0.4, -0.2) is 33.3 Å². The molecule has 1 N–H and O–H groups in total. The van der Waals surface area contributed by atoms with E-state index in [1.807, 2.05) is 24.3 Å². The molecule has 4 rings (SSSR count). The number of carbonyl (C=O) groups excluding carboxylic acids is 2. The number of aliphatic hydroxyl groups excluding tert-OH is 1. The summed E-state index contributed by atoms with van der Waals surface area (Å²) in [5, 5.41) is 11.6. The minimum atomic E-state index is -0.816. The van der Waals surface area contributed by atoms with Crippen LogP contribution in [0.5, 0.6) is 5.75 Å². The monoisotopic (exact) mass is 476 g/mol. The van der Waals surface area contributed by atoms with Gasteiger partial charge < -0.3 is 14.7 Å². The van der Waals surface area contributed by atoms with Crippen molar-refractivity contribution in [2.24, 2.45) is 5.92 Å². The molecule has 1 amide bonds. The predicted octanol–water partition coefficient (Wildman–Crippen LogP) is 5.39. The third-order valence-corrected chi connectivity index (χ3v) is 5.69. The molecule has 1 saturated heterocycles. The fourth-order valence-corrected chi connectivity index (χ4v) is 4.07. The standard InChI is InChI=1S/C27H25ClN2O4/c1-17(2)16-34-22-11-6-7-18(14-22)24-23(25(31)19-8-5-9-20(28)13-19)26(32)27(33)30(24)15-21-10-3-4-12-29-21/h3-14,17,24,31H,15-16H2,1-2H3/b25-23-. The lowest BCUT2D eigenvalue weighted by Crippen LogP contribution is -2.29. The third kappa shape index (κ3) is 4.97. The number of rotatable bonds is 7. The molecule has 0 bridgehead atoms. The van der Waals surface area contributed by atoms with Gasteiger partial charge in [0.2, 0.25) is 0 Å². The van der Waals surface area contributed by atoms with Gasteiger partial charge in [0.15, 0.2) is 0 Å². The molecule has 0 aliphatic carbocycles. The van der Waals surface area contributed by atoms with Gasteiger partial charge in [-0.05, 0) is 47.9 Å². The Morgan fingerprint density at radius 3 is 2.59 bits per heavy atom. The van der Waals surface area contributed by atoms with Crippen molar-refractivity contribution in [3.63, 3.8) is 0 Å². The molecule has 0 spiro atoms. The van der Waals surface area contributed by atoms with Crippen LogP contribution in [0.2, 0.25) is 5.02 Å². The summed E-state index contributed by atoms with van der Waals surface area (Å²) in [5.41, 5.74) is 1.65. The number of aliphatic hydroxyl groups is 1. The maximum Gasteiger partial charge on any atom is 0.296 e. The van der Waals surface area contributed by atoms with Crippen molar-refractivity contribution < 1.29 is 19.4 Å². The van der Waals surface area contributed by atoms with Gasteiger partial charge >= 0.3 is 0 Å². The average Bonchev–Trinajstić information content (AvgIpc) is 3.08. The number of aromatic nitrogens is 1. The van der Waals surface area contributed by atoms with Gasteiger partial charge in [-0.25, -0.2) is 0 Å². The van der Waals surface area contributed by atoms with E-state index in [9.17, 15) is 14.7 Å². The van der Waals surface area contributed by atoms with Crippen LogP contribution in [0, 0.1) is 5.92 Å². The minimum Gasteiger partial charge on any atom is -0.507 e. The smallest absolute Gasteiger partial charge is 0.296 e. The van der Waals surface area contributed by atoms with Gasteiger partial charge in [0.1, 0.15) is 11.5 Å². The van der Waals surface area contributed by atoms with Crippen LogP contribution in [0.15, 0.2) is 78.5 Å². The fraction of sp³-hybridized carbons (Fsp3) is 0.222. The zero-order valence-corrected chi connectivity index (χ0v) is 19.7. The number of halogens is 1. The number of carbonyl (C=O) groups is 2. The SMILES string of the molecule is CC(C)COc1cccc(C2/C(=C(/O)c3cccc(Cl)c3)C(=O)C(=O)N2Cc2ccccn2)c1. The van der Waals surface area contributed by atoms with Gasteiger partial charge in [-0.1, -0.05) is 55.8 Å². The van der Waals surface area contributed by atoms with E-state index in [4.69, 9.17) is 16.3 Å². The summed E-state index contributed by atoms with van der Waals surface area (Å²) in [6.45, 7) is 4.74. The van der Waals surface area contributed by atoms with E-state index in [2.05, 4.69) is 18.8 Å². The van der Waals surface area contributed by atoms with Gasteiger partial charge in [0.25, 0.3) is 11.7 Å². The molecule has 2 heterocycles. The minimum absolute atomic E-state index is 0.00390. The Labute approximate surface area is 203 Å². The van der Waals surface area contributed by atoms with Crippen molar-refractivity contribution in [1.82, 2.24) is 9.88 Å². The summed E-state index contributed by atoms with van der Waals surface area (Å²) in [4.78, 5) is 32.1. The molecule has 7 heteroatoms. The normalized spacial score (nSPS) is 17.4. The number of hydrogen-bond donors (Lipinski definition) is 1. The molecule has 174 valence electrons. The van der Waals surface area contributed by atoms with Crippen molar-refractivity contribution in [2.45, 2.75) is 26.4 Å². The maximum atomic E-state index is 13.2. The maximum absolute atomic E-state index is 13.2. The predicted molar refractivity (Wildman–Crippen MR) is 130 cm³/mol. The molecular weight excluding hydrogens is 452 g/mol. The topological polar surface area (TPSA) is 79.7 Å². The van der Waals surface area contributed by atoms with E-state index in [1.54, 1.807) is 48.7 Å².